The van der Waals surface area contributed by atoms with E-state index in [-0.39, 0.29) is 0 Å². The van der Waals surface area contributed by atoms with E-state index in [1.165, 1.54) is 0 Å². The molecule has 1 fully saturated rings. The topological polar surface area (TPSA) is 40.6 Å². The van der Waals surface area contributed by atoms with Gasteiger partial charge in [0.15, 0.2) is 0 Å². The average molecular weight is 156 g/mol. The molecule has 0 bridgehead atoms. The molecule has 4 nitrogen and oxygen atoms in total. The molecule has 1 heterocycles. The van der Waals surface area contributed by atoms with Crippen molar-refractivity contribution in [2.75, 3.05) is 32.7 Å². The van der Waals surface area contributed by atoms with Gasteiger partial charge in [0.1, 0.15) is 6.29 Å². The first-order valence-corrected chi connectivity index (χ1v) is 3.72. The number of aldehydes is 1. The van der Waals surface area contributed by atoms with Crippen molar-refractivity contribution in [3.63, 3.8) is 0 Å². The molecule has 1 aliphatic rings. The van der Waals surface area contributed by atoms with Gasteiger partial charge in [0.2, 0.25) is 6.41 Å². The SMILES string of the molecule is O=CCN1CCN(C=O)CC1. The number of hydrogen-bond acceptors (Lipinski definition) is 3. The van der Waals surface area contributed by atoms with Crippen LogP contribution in [0.4, 0.5) is 0 Å². The van der Waals surface area contributed by atoms with Crippen LogP contribution in [0.3, 0.4) is 0 Å². The minimum absolute atomic E-state index is 0.493. The molecule has 4 heteroatoms. The second-order valence-electron chi connectivity index (χ2n) is 2.61. The largest absolute Gasteiger partial charge is 0.343 e. The normalized spacial score (nSPS) is 19.8. The van der Waals surface area contributed by atoms with Crippen molar-refractivity contribution in [1.82, 2.24) is 9.80 Å². The first-order chi connectivity index (χ1) is 5.36. The second kappa shape index (κ2) is 4.08. The van der Waals surface area contributed by atoms with E-state index in [2.05, 4.69) is 0 Å². The highest BCUT2D eigenvalue weighted by Gasteiger charge is 2.13. The second-order valence-corrected chi connectivity index (χ2v) is 2.61. The summed E-state index contributed by atoms with van der Waals surface area (Å²) in [7, 11) is 0. The Balaban J connectivity index is 2.23. The number of carbonyl (C=O) groups is 2. The molecule has 0 atom stereocenters. The third-order valence-corrected chi connectivity index (χ3v) is 1.89. The fourth-order valence-corrected chi connectivity index (χ4v) is 1.16. The molecule has 0 aromatic rings. The lowest BCUT2D eigenvalue weighted by atomic mass is 10.3. The number of piperazine rings is 1. The third-order valence-electron chi connectivity index (χ3n) is 1.89. The highest BCUT2D eigenvalue weighted by atomic mass is 16.1. The van der Waals surface area contributed by atoms with E-state index < -0.39 is 0 Å². The first-order valence-electron chi connectivity index (χ1n) is 3.72. The zero-order chi connectivity index (χ0) is 8.10. The van der Waals surface area contributed by atoms with Gasteiger partial charge in [-0.3, -0.25) is 9.69 Å². The Bertz CT molecular complexity index is 141. The van der Waals surface area contributed by atoms with E-state index in [0.717, 1.165) is 38.9 Å². The molecule has 0 aromatic heterocycles. The molecule has 62 valence electrons. The molecule has 1 saturated heterocycles. The maximum Gasteiger partial charge on any atom is 0.209 e. The standard InChI is InChI=1S/C7H12N2O2/c10-6-5-8-1-3-9(7-11)4-2-8/h6-7H,1-5H2. The summed E-state index contributed by atoms with van der Waals surface area (Å²) in [5, 5.41) is 0. The quantitative estimate of drug-likeness (QED) is 0.490. The van der Waals surface area contributed by atoms with Crippen LogP contribution < -0.4 is 0 Å². The minimum atomic E-state index is 0.493. The van der Waals surface area contributed by atoms with Crippen molar-refractivity contribution in [3.8, 4) is 0 Å². The van der Waals surface area contributed by atoms with Gasteiger partial charge in [-0.25, -0.2) is 0 Å². The summed E-state index contributed by atoms with van der Waals surface area (Å²) in [6, 6.07) is 0. The molecule has 0 N–H and O–H groups in total. The molecule has 0 unspecified atom stereocenters. The van der Waals surface area contributed by atoms with Gasteiger partial charge in [0.25, 0.3) is 0 Å². The molecule has 1 rings (SSSR count). The summed E-state index contributed by atoms with van der Waals surface area (Å²) in [6.07, 6.45) is 1.76. The van der Waals surface area contributed by atoms with E-state index in [4.69, 9.17) is 0 Å². The van der Waals surface area contributed by atoms with Gasteiger partial charge in [-0.05, 0) is 0 Å². The Kier molecular flexibility index (Phi) is 3.04. The van der Waals surface area contributed by atoms with Crippen LogP contribution in [-0.2, 0) is 9.59 Å². The Hall–Kier alpha value is -0.900. The van der Waals surface area contributed by atoms with Crippen molar-refractivity contribution in [1.29, 1.82) is 0 Å². The van der Waals surface area contributed by atoms with Crippen molar-refractivity contribution in [3.05, 3.63) is 0 Å². The average Bonchev–Trinajstić information content (AvgIpc) is 2.07. The minimum Gasteiger partial charge on any atom is -0.343 e. The third kappa shape index (κ3) is 2.31. The van der Waals surface area contributed by atoms with E-state index in [1.54, 1.807) is 4.90 Å². The van der Waals surface area contributed by atoms with Crippen LogP contribution in [0.1, 0.15) is 0 Å². The van der Waals surface area contributed by atoms with Gasteiger partial charge in [-0.2, -0.15) is 0 Å². The molecule has 0 aliphatic carbocycles. The Labute approximate surface area is 65.8 Å². The summed E-state index contributed by atoms with van der Waals surface area (Å²) in [5.74, 6) is 0. The van der Waals surface area contributed by atoms with Gasteiger partial charge in [0.05, 0.1) is 6.54 Å². The Morgan fingerprint density at radius 2 is 1.73 bits per heavy atom. The fourth-order valence-electron chi connectivity index (χ4n) is 1.16. The zero-order valence-electron chi connectivity index (χ0n) is 6.40. The predicted molar refractivity (Wildman–Crippen MR) is 40.1 cm³/mol. The lowest BCUT2D eigenvalue weighted by Gasteiger charge is -2.30. The summed E-state index contributed by atoms with van der Waals surface area (Å²) >= 11 is 0. The van der Waals surface area contributed by atoms with E-state index in [9.17, 15) is 9.59 Å². The number of rotatable bonds is 3. The lowest BCUT2D eigenvalue weighted by Crippen LogP contribution is -2.46. The lowest BCUT2D eigenvalue weighted by molar-refractivity contribution is -0.119. The summed E-state index contributed by atoms with van der Waals surface area (Å²) < 4.78 is 0. The van der Waals surface area contributed by atoms with Crippen LogP contribution in [0, 0.1) is 0 Å². The Morgan fingerprint density at radius 3 is 2.18 bits per heavy atom. The number of amides is 1. The van der Waals surface area contributed by atoms with Crippen LogP contribution in [0.25, 0.3) is 0 Å². The number of nitrogens with zero attached hydrogens (tertiary/aromatic N) is 2. The molecule has 1 amide bonds. The van der Waals surface area contributed by atoms with Crippen molar-refractivity contribution in [2.24, 2.45) is 0 Å². The van der Waals surface area contributed by atoms with Crippen molar-refractivity contribution >= 4 is 12.7 Å². The van der Waals surface area contributed by atoms with Gasteiger partial charge < -0.3 is 9.69 Å². The molecule has 0 spiro atoms. The number of hydrogen-bond donors (Lipinski definition) is 0. The molecule has 0 aromatic carbocycles. The van der Waals surface area contributed by atoms with E-state index in [1.807, 2.05) is 4.90 Å². The monoisotopic (exact) mass is 156 g/mol. The highest BCUT2D eigenvalue weighted by Crippen LogP contribution is 1.96. The van der Waals surface area contributed by atoms with Crippen LogP contribution in [0.2, 0.25) is 0 Å². The first kappa shape index (κ1) is 8.20. The summed E-state index contributed by atoms with van der Waals surface area (Å²) in [6.45, 7) is 3.62. The van der Waals surface area contributed by atoms with Gasteiger partial charge in [0, 0.05) is 26.2 Å². The smallest absolute Gasteiger partial charge is 0.209 e. The van der Waals surface area contributed by atoms with E-state index >= 15 is 0 Å². The maximum absolute atomic E-state index is 10.3. The van der Waals surface area contributed by atoms with Crippen molar-refractivity contribution in [2.45, 2.75) is 0 Å². The van der Waals surface area contributed by atoms with E-state index in [0.29, 0.717) is 6.54 Å². The Morgan fingerprint density at radius 1 is 1.09 bits per heavy atom. The molecular formula is C7H12N2O2. The highest BCUT2D eigenvalue weighted by molar-refractivity contribution is 5.52. The van der Waals surface area contributed by atoms with Gasteiger partial charge in [-0.15, -0.1) is 0 Å². The predicted octanol–water partition coefficient (Wildman–Crippen LogP) is -1.04. The maximum atomic E-state index is 10.3. The molecule has 11 heavy (non-hydrogen) atoms. The van der Waals surface area contributed by atoms with Gasteiger partial charge >= 0.3 is 0 Å². The molecular weight excluding hydrogens is 144 g/mol. The molecule has 0 radical (unpaired) electrons. The molecule has 0 saturated carbocycles. The van der Waals surface area contributed by atoms with Crippen LogP contribution in [-0.4, -0.2) is 55.2 Å². The van der Waals surface area contributed by atoms with Crippen molar-refractivity contribution < 1.29 is 9.59 Å². The van der Waals surface area contributed by atoms with Crippen LogP contribution >= 0.6 is 0 Å². The molecule has 1 aliphatic heterocycles. The van der Waals surface area contributed by atoms with Gasteiger partial charge in [-0.1, -0.05) is 0 Å². The van der Waals surface area contributed by atoms with Crippen LogP contribution in [0.5, 0.6) is 0 Å². The fraction of sp³-hybridized carbons (Fsp3) is 0.714. The summed E-state index contributed by atoms with van der Waals surface area (Å²) in [5.41, 5.74) is 0. The number of carbonyl (C=O) groups excluding carboxylic acids is 2. The summed E-state index contributed by atoms with van der Waals surface area (Å²) in [4.78, 5) is 24.1. The van der Waals surface area contributed by atoms with Crippen LogP contribution in [0.15, 0.2) is 0 Å². The zero-order valence-corrected chi connectivity index (χ0v) is 6.40.